The van der Waals surface area contributed by atoms with Crippen LogP contribution in [0.15, 0.2) is 24.3 Å². The first-order chi connectivity index (χ1) is 25.6. The molecular weight excluding hydrogens is 697 g/mol. The van der Waals surface area contributed by atoms with E-state index >= 15 is 0 Å². The summed E-state index contributed by atoms with van der Waals surface area (Å²) in [5, 5.41) is 8.87. The molecule has 0 aliphatic heterocycles. The van der Waals surface area contributed by atoms with E-state index in [2.05, 4.69) is 36.6 Å². The van der Waals surface area contributed by atoms with Gasteiger partial charge in [0.1, 0.15) is 12.6 Å². The Hall–Kier alpha value is -2.04. The fraction of sp³-hybridized carbons (Fsp3) is 0.829. The molecule has 0 heterocycles. The van der Waals surface area contributed by atoms with Gasteiger partial charge in [-0.15, -0.1) is 0 Å². The van der Waals surface area contributed by atoms with Gasteiger partial charge in [-0.25, -0.2) is 4.57 Å². The first-order valence-electron chi connectivity index (χ1n) is 20.9. The Labute approximate surface area is 321 Å². The summed E-state index contributed by atoms with van der Waals surface area (Å²) in [6, 6.07) is -1.52. The second-order valence-corrected chi connectivity index (χ2v) is 15.6. The fourth-order valence-electron chi connectivity index (χ4n) is 5.63. The zero-order valence-corrected chi connectivity index (χ0v) is 34.3. The highest BCUT2D eigenvalue weighted by Crippen LogP contribution is 2.43. The molecule has 53 heavy (non-hydrogen) atoms. The molecule has 12 heteroatoms. The van der Waals surface area contributed by atoms with Gasteiger partial charge in [-0.2, -0.15) is 0 Å². The molecule has 3 atom stereocenters. The molecule has 0 spiro atoms. The molecule has 0 aromatic heterocycles. The lowest BCUT2D eigenvalue weighted by molar-refractivity contribution is -0.161. The van der Waals surface area contributed by atoms with Gasteiger partial charge in [0.15, 0.2) is 6.10 Å². The molecule has 0 saturated carbocycles. The molecule has 4 N–H and O–H groups in total. The molecule has 0 aromatic carbocycles. The first kappa shape index (κ1) is 51.0. The Morgan fingerprint density at radius 2 is 1.02 bits per heavy atom. The molecule has 310 valence electrons. The van der Waals surface area contributed by atoms with Gasteiger partial charge < -0.3 is 25.2 Å². The maximum atomic E-state index is 12.6. The van der Waals surface area contributed by atoms with E-state index in [9.17, 15) is 23.8 Å². The number of allylic oxidation sites excluding steroid dienone is 4. The summed E-state index contributed by atoms with van der Waals surface area (Å²) in [4.78, 5) is 45.8. The minimum absolute atomic E-state index is 0.156. The minimum Gasteiger partial charge on any atom is -0.480 e. The average molecular weight is 774 g/mol. The summed E-state index contributed by atoms with van der Waals surface area (Å²) < 4.78 is 32.6. The van der Waals surface area contributed by atoms with Crippen molar-refractivity contribution in [2.24, 2.45) is 5.73 Å². The van der Waals surface area contributed by atoms with Crippen LogP contribution < -0.4 is 5.73 Å². The lowest BCUT2D eigenvalue weighted by Crippen LogP contribution is -2.34. The monoisotopic (exact) mass is 774 g/mol. The van der Waals surface area contributed by atoms with E-state index in [0.29, 0.717) is 19.3 Å². The molecule has 0 rings (SSSR count). The van der Waals surface area contributed by atoms with Crippen LogP contribution in [0.5, 0.6) is 0 Å². The number of ether oxygens (including phenoxy) is 2. The van der Waals surface area contributed by atoms with Gasteiger partial charge in [-0.05, 0) is 38.5 Å². The van der Waals surface area contributed by atoms with Crippen LogP contribution in [-0.4, -0.2) is 59.9 Å². The Kier molecular flexibility index (Phi) is 35.5. The van der Waals surface area contributed by atoms with E-state index in [4.69, 9.17) is 24.8 Å². The largest absolute Gasteiger partial charge is 0.480 e. The van der Waals surface area contributed by atoms with Crippen LogP contribution in [-0.2, 0) is 37.5 Å². The molecule has 0 saturated heterocycles. The summed E-state index contributed by atoms with van der Waals surface area (Å²) in [6.07, 6.45) is 36.8. The maximum absolute atomic E-state index is 12.6. The van der Waals surface area contributed by atoms with Gasteiger partial charge in [0.05, 0.1) is 13.2 Å². The topological polar surface area (TPSA) is 172 Å². The van der Waals surface area contributed by atoms with Crippen LogP contribution in [0.3, 0.4) is 0 Å². The lowest BCUT2D eigenvalue weighted by Gasteiger charge is -2.20. The predicted molar refractivity (Wildman–Crippen MR) is 212 cm³/mol. The van der Waals surface area contributed by atoms with E-state index in [1.165, 1.54) is 109 Å². The van der Waals surface area contributed by atoms with E-state index in [-0.39, 0.29) is 19.4 Å². The maximum Gasteiger partial charge on any atom is 0.472 e. The van der Waals surface area contributed by atoms with E-state index in [1.807, 2.05) is 6.08 Å². The standard InChI is InChI=1S/C41H76NO10P/c1-3-5-7-9-11-13-15-17-18-19-20-21-23-24-26-28-30-32-39(43)49-34-37(35-50-53(47,48)51-36-38(42)41(45)46)52-40(44)33-31-29-27-25-22-16-14-12-10-8-6-4-2/h20-21,24,26,37-38H,3-19,22-23,25,27-36,42H2,1-2H3,(H,45,46)(H,47,48)/b21-20+,26-24+/t37-,38+/m0/s1. The lowest BCUT2D eigenvalue weighted by atomic mass is 10.0. The Morgan fingerprint density at radius 3 is 1.53 bits per heavy atom. The van der Waals surface area contributed by atoms with Crippen molar-refractivity contribution in [2.75, 3.05) is 19.8 Å². The van der Waals surface area contributed by atoms with Gasteiger partial charge in [0, 0.05) is 12.8 Å². The number of rotatable bonds is 39. The number of hydrogen-bond donors (Lipinski definition) is 3. The molecule has 1 unspecified atom stereocenters. The number of nitrogens with two attached hydrogens (primary N) is 1. The van der Waals surface area contributed by atoms with Crippen molar-refractivity contribution in [3.8, 4) is 0 Å². The zero-order valence-electron chi connectivity index (χ0n) is 33.4. The van der Waals surface area contributed by atoms with Crippen LogP contribution in [0.1, 0.15) is 187 Å². The average Bonchev–Trinajstić information content (AvgIpc) is 3.13. The number of phosphoric ester groups is 1. The number of unbranched alkanes of at least 4 members (excludes halogenated alkanes) is 21. The first-order valence-corrected chi connectivity index (χ1v) is 22.4. The Bertz CT molecular complexity index is 1010. The number of aliphatic carboxylic acids is 1. The van der Waals surface area contributed by atoms with Crippen molar-refractivity contribution in [1.29, 1.82) is 0 Å². The molecule has 11 nitrogen and oxygen atoms in total. The summed E-state index contributed by atoms with van der Waals surface area (Å²) >= 11 is 0. The zero-order chi connectivity index (χ0) is 39.3. The highest BCUT2D eigenvalue weighted by molar-refractivity contribution is 7.47. The molecular formula is C41H76NO10P. The van der Waals surface area contributed by atoms with Crippen molar-refractivity contribution in [2.45, 2.75) is 199 Å². The summed E-state index contributed by atoms with van der Waals surface area (Å²) in [5.41, 5.74) is 5.32. The van der Waals surface area contributed by atoms with Crippen molar-refractivity contribution in [1.82, 2.24) is 0 Å². The van der Waals surface area contributed by atoms with E-state index in [1.54, 1.807) is 0 Å². The SMILES string of the molecule is CCCCCCCCCCC/C=C/C/C=C/CCCC(=O)OC[C@@H](COP(=O)(O)OC[C@@H](N)C(=O)O)OC(=O)CCCCCCCCCCCCCC. The third-order valence-corrected chi connectivity index (χ3v) is 9.90. The quantitative estimate of drug-likeness (QED) is 0.0235. The van der Waals surface area contributed by atoms with Gasteiger partial charge in [-0.1, -0.05) is 160 Å². The van der Waals surface area contributed by atoms with Gasteiger partial charge in [0.2, 0.25) is 0 Å². The van der Waals surface area contributed by atoms with E-state index < -0.39 is 51.1 Å². The molecule has 0 radical (unpaired) electrons. The third kappa shape index (κ3) is 36.7. The van der Waals surface area contributed by atoms with Crippen LogP contribution >= 0.6 is 7.82 Å². The summed E-state index contributed by atoms with van der Waals surface area (Å²) in [5.74, 6) is -2.43. The number of carboxylic acid groups (broad SMARTS) is 1. The minimum atomic E-state index is -4.72. The predicted octanol–water partition coefficient (Wildman–Crippen LogP) is 10.7. The fourth-order valence-corrected chi connectivity index (χ4v) is 6.41. The van der Waals surface area contributed by atoms with Crippen molar-refractivity contribution >= 4 is 25.7 Å². The Morgan fingerprint density at radius 1 is 0.585 bits per heavy atom. The molecule has 0 fully saturated rings. The third-order valence-electron chi connectivity index (χ3n) is 8.95. The number of carboxylic acids is 1. The number of carbonyl (C=O) groups excluding carboxylic acids is 2. The molecule has 0 aromatic rings. The number of phosphoric acid groups is 1. The molecule has 0 aliphatic carbocycles. The van der Waals surface area contributed by atoms with Crippen LogP contribution in [0.2, 0.25) is 0 Å². The van der Waals surface area contributed by atoms with Gasteiger partial charge >= 0.3 is 25.7 Å². The highest BCUT2D eigenvalue weighted by atomic mass is 31.2. The smallest absolute Gasteiger partial charge is 0.472 e. The number of carbonyl (C=O) groups is 3. The summed E-state index contributed by atoms with van der Waals surface area (Å²) in [6.45, 7) is 2.75. The normalized spacial score (nSPS) is 14.0. The molecule has 0 bridgehead atoms. The second kappa shape index (κ2) is 36.9. The van der Waals surface area contributed by atoms with Crippen LogP contribution in [0.25, 0.3) is 0 Å². The highest BCUT2D eigenvalue weighted by Gasteiger charge is 2.28. The number of esters is 2. The van der Waals surface area contributed by atoms with Gasteiger partial charge in [-0.3, -0.25) is 23.4 Å². The van der Waals surface area contributed by atoms with Crippen molar-refractivity contribution < 1.29 is 47.5 Å². The van der Waals surface area contributed by atoms with Crippen LogP contribution in [0, 0.1) is 0 Å². The van der Waals surface area contributed by atoms with E-state index in [0.717, 1.165) is 32.1 Å². The van der Waals surface area contributed by atoms with Crippen LogP contribution in [0.4, 0.5) is 0 Å². The van der Waals surface area contributed by atoms with Crippen molar-refractivity contribution in [3.05, 3.63) is 24.3 Å². The van der Waals surface area contributed by atoms with Gasteiger partial charge in [0.25, 0.3) is 0 Å². The molecule has 0 aliphatic rings. The Balaban J connectivity index is 4.42. The number of hydrogen-bond acceptors (Lipinski definition) is 9. The second-order valence-electron chi connectivity index (χ2n) is 14.1. The van der Waals surface area contributed by atoms with Crippen molar-refractivity contribution in [3.63, 3.8) is 0 Å². The molecule has 0 amide bonds. The summed E-state index contributed by atoms with van der Waals surface area (Å²) in [7, 11) is -4.72.